The van der Waals surface area contributed by atoms with Crippen LogP contribution in [0, 0.1) is 0 Å². The second-order valence-corrected chi connectivity index (χ2v) is 6.08. The zero-order valence-electron chi connectivity index (χ0n) is 13.3. The lowest BCUT2D eigenvalue weighted by Crippen LogP contribution is -2.53. The van der Waals surface area contributed by atoms with Gasteiger partial charge in [0.2, 0.25) is 0 Å². The zero-order chi connectivity index (χ0) is 16.1. The molecule has 24 heavy (non-hydrogen) atoms. The van der Waals surface area contributed by atoms with Crippen LogP contribution in [0.5, 0.6) is 0 Å². The van der Waals surface area contributed by atoms with Crippen molar-refractivity contribution in [2.75, 3.05) is 26.2 Å². The van der Waals surface area contributed by atoms with E-state index in [1.165, 1.54) is 5.56 Å². The summed E-state index contributed by atoms with van der Waals surface area (Å²) < 4.78 is 0. The molecule has 0 radical (unpaired) electrons. The number of hydrogen-bond acceptors (Lipinski definition) is 3. The van der Waals surface area contributed by atoms with Gasteiger partial charge in [0.1, 0.15) is 0 Å². The van der Waals surface area contributed by atoms with Crippen LogP contribution >= 0.6 is 24.0 Å². The van der Waals surface area contributed by atoms with E-state index in [9.17, 15) is 4.79 Å². The van der Waals surface area contributed by atoms with Gasteiger partial charge >= 0.3 is 0 Å². The highest BCUT2D eigenvalue weighted by molar-refractivity contribution is 6.33. The van der Waals surface area contributed by atoms with Gasteiger partial charge in [0.05, 0.1) is 10.6 Å². The number of hydrogen-bond donors (Lipinski definition) is 1. The van der Waals surface area contributed by atoms with E-state index in [-0.39, 0.29) is 18.3 Å². The van der Waals surface area contributed by atoms with Crippen molar-refractivity contribution in [3.8, 4) is 0 Å². The Balaban J connectivity index is 0.00000208. The van der Waals surface area contributed by atoms with Gasteiger partial charge in [-0.05, 0) is 17.7 Å². The summed E-state index contributed by atoms with van der Waals surface area (Å²) in [5.74, 6) is -0.146. The largest absolute Gasteiger partial charge is 0.296 e. The van der Waals surface area contributed by atoms with Gasteiger partial charge in [-0.15, -0.1) is 12.4 Å². The molecule has 0 saturated carbocycles. The Hall–Kier alpha value is -1.59. The fraction of sp³-hybridized carbons (Fsp3) is 0.278. The van der Waals surface area contributed by atoms with Crippen LogP contribution in [0.15, 0.2) is 54.6 Å². The average molecular weight is 366 g/mol. The van der Waals surface area contributed by atoms with E-state index in [0.29, 0.717) is 10.6 Å². The van der Waals surface area contributed by atoms with E-state index in [1.807, 2.05) is 23.2 Å². The third-order valence-corrected chi connectivity index (χ3v) is 4.33. The molecule has 3 rings (SSSR count). The second kappa shape index (κ2) is 9.04. The number of piperazine rings is 1. The molecule has 0 unspecified atom stereocenters. The molecule has 0 aromatic heterocycles. The number of benzene rings is 2. The highest BCUT2D eigenvalue weighted by Gasteiger charge is 2.19. The SMILES string of the molecule is Cl.O=C(NN1CCN(Cc2ccccc2)CC1)c1ccccc1Cl. The van der Waals surface area contributed by atoms with Crippen LogP contribution in [0.25, 0.3) is 0 Å². The lowest BCUT2D eigenvalue weighted by Gasteiger charge is -2.34. The lowest BCUT2D eigenvalue weighted by atomic mass is 10.2. The summed E-state index contributed by atoms with van der Waals surface area (Å²) in [6.07, 6.45) is 0. The van der Waals surface area contributed by atoms with Crippen LogP contribution < -0.4 is 5.43 Å². The summed E-state index contributed by atoms with van der Waals surface area (Å²) >= 11 is 6.06. The van der Waals surface area contributed by atoms with E-state index in [1.54, 1.807) is 12.1 Å². The first kappa shape index (κ1) is 18.7. The van der Waals surface area contributed by atoms with E-state index < -0.39 is 0 Å². The summed E-state index contributed by atoms with van der Waals surface area (Å²) in [6.45, 7) is 4.43. The molecule has 6 heteroatoms. The number of hydrazine groups is 1. The van der Waals surface area contributed by atoms with Crippen molar-refractivity contribution in [1.29, 1.82) is 0 Å². The quantitative estimate of drug-likeness (QED) is 0.903. The van der Waals surface area contributed by atoms with Crippen molar-refractivity contribution in [2.24, 2.45) is 0 Å². The van der Waals surface area contributed by atoms with E-state index in [0.717, 1.165) is 32.7 Å². The Morgan fingerprint density at radius 1 is 0.958 bits per heavy atom. The molecule has 0 atom stereocenters. The molecule has 0 aliphatic carbocycles. The van der Waals surface area contributed by atoms with Crippen LogP contribution in [0.3, 0.4) is 0 Å². The van der Waals surface area contributed by atoms with Crippen LogP contribution in [0.4, 0.5) is 0 Å². The lowest BCUT2D eigenvalue weighted by molar-refractivity contribution is 0.0605. The predicted molar refractivity (Wildman–Crippen MR) is 99.5 cm³/mol. The Morgan fingerprint density at radius 3 is 2.25 bits per heavy atom. The molecule has 1 N–H and O–H groups in total. The third kappa shape index (κ3) is 4.95. The maximum absolute atomic E-state index is 12.3. The number of rotatable bonds is 4. The van der Waals surface area contributed by atoms with Gasteiger partial charge in [-0.25, -0.2) is 5.01 Å². The summed E-state index contributed by atoms with van der Waals surface area (Å²) in [5, 5.41) is 2.44. The van der Waals surface area contributed by atoms with Crippen molar-refractivity contribution in [2.45, 2.75) is 6.54 Å². The van der Waals surface area contributed by atoms with E-state index in [4.69, 9.17) is 11.6 Å². The predicted octanol–water partition coefficient (Wildman–Crippen LogP) is 3.22. The standard InChI is InChI=1S/C18H20ClN3O.ClH/c19-17-9-5-4-8-16(17)18(23)20-22-12-10-21(11-13-22)14-15-6-2-1-3-7-15;/h1-9H,10-14H2,(H,20,23);1H. The minimum absolute atomic E-state index is 0. The Kier molecular flexibility index (Phi) is 7.06. The Labute approximate surface area is 153 Å². The maximum atomic E-state index is 12.3. The molecule has 1 heterocycles. The summed E-state index contributed by atoms with van der Waals surface area (Å²) in [4.78, 5) is 14.7. The molecular formula is C18H21Cl2N3O. The van der Waals surface area contributed by atoms with Gasteiger partial charge in [-0.3, -0.25) is 15.1 Å². The van der Waals surface area contributed by atoms with Gasteiger partial charge < -0.3 is 0 Å². The summed E-state index contributed by atoms with van der Waals surface area (Å²) in [6, 6.07) is 17.6. The van der Waals surface area contributed by atoms with Gasteiger partial charge in [0.15, 0.2) is 0 Å². The third-order valence-electron chi connectivity index (χ3n) is 4.00. The molecule has 0 bridgehead atoms. The normalized spacial score (nSPS) is 15.5. The summed E-state index contributed by atoms with van der Waals surface area (Å²) in [5.41, 5.74) is 4.78. The van der Waals surface area contributed by atoms with Crippen molar-refractivity contribution >= 4 is 29.9 Å². The Bertz CT molecular complexity index is 658. The van der Waals surface area contributed by atoms with E-state index in [2.05, 4.69) is 34.6 Å². The first-order chi connectivity index (χ1) is 11.2. The van der Waals surface area contributed by atoms with Crippen molar-refractivity contribution in [1.82, 2.24) is 15.3 Å². The van der Waals surface area contributed by atoms with Crippen LogP contribution in [-0.4, -0.2) is 42.0 Å². The minimum atomic E-state index is -0.146. The Morgan fingerprint density at radius 2 is 1.58 bits per heavy atom. The minimum Gasteiger partial charge on any atom is -0.296 e. The topological polar surface area (TPSA) is 35.6 Å². The molecule has 2 aromatic carbocycles. The van der Waals surface area contributed by atoms with Crippen LogP contribution in [-0.2, 0) is 6.54 Å². The first-order valence-electron chi connectivity index (χ1n) is 7.79. The second-order valence-electron chi connectivity index (χ2n) is 5.67. The average Bonchev–Trinajstić information content (AvgIpc) is 2.58. The molecule has 1 aliphatic heterocycles. The van der Waals surface area contributed by atoms with E-state index >= 15 is 0 Å². The fourth-order valence-corrected chi connectivity index (χ4v) is 2.93. The highest BCUT2D eigenvalue weighted by atomic mass is 35.5. The van der Waals surface area contributed by atoms with Gasteiger partial charge in [0, 0.05) is 32.7 Å². The van der Waals surface area contributed by atoms with Gasteiger partial charge in [-0.2, -0.15) is 0 Å². The maximum Gasteiger partial charge on any atom is 0.267 e. The smallest absolute Gasteiger partial charge is 0.267 e. The van der Waals surface area contributed by atoms with Crippen molar-refractivity contribution in [3.05, 3.63) is 70.7 Å². The molecule has 1 fully saturated rings. The summed E-state index contributed by atoms with van der Waals surface area (Å²) in [7, 11) is 0. The number of nitrogens with one attached hydrogen (secondary N) is 1. The first-order valence-corrected chi connectivity index (χ1v) is 8.17. The number of carbonyl (C=O) groups is 1. The van der Waals surface area contributed by atoms with Crippen molar-refractivity contribution < 1.29 is 4.79 Å². The fourth-order valence-electron chi connectivity index (χ4n) is 2.71. The number of carbonyl (C=O) groups excluding carboxylic acids is 1. The molecule has 1 saturated heterocycles. The molecule has 4 nitrogen and oxygen atoms in total. The number of nitrogens with zero attached hydrogens (tertiary/aromatic N) is 2. The van der Waals surface area contributed by atoms with Gasteiger partial charge in [-0.1, -0.05) is 54.1 Å². The molecule has 1 aliphatic rings. The highest BCUT2D eigenvalue weighted by Crippen LogP contribution is 2.15. The van der Waals surface area contributed by atoms with Crippen LogP contribution in [0.2, 0.25) is 5.02 Å². The monoisotopic (exact) mass is 365 g/mol. The molecule has 0 spiro atoms. The molecular weight excluding hydrogens is 345 g/mol. The zero-order valence-corrected chi connectivity index (χ0v) is 14.9. The van der Waals surface area contributed by atoms with Crippen LogP contribution in [0.1, 0.15) is 15.9 Å². The molecule has 2 aromatic rings. The molecule has 1 amide bonds. The molecule has 128 valence electrons. The van der Waals surface area contributed by atoms with Gasteiger partial charge in [0.25, 0.3) is 5.91 Å². The number of amides is 1. The number of halogens is 2. The van der Waals surface area contributed by atoms with Crippen molar-refractivity contribution in [3.63, 3.8) is 0 Å².